The Hall–Kier alpha value is -1.39. The van der Waals surface area contributed by atoms with Gasteiger partial charge in [0.15, 0.2) is 5.54 Å². The fraction of sp³-hybridized carbons (Fsp3) is 0.588. The number of nitrogens with two attached hydrogens (primary N) is 1. The molecule has 0 fully saturated rings. The number of carbonyl (C=O) groups excluding carboxylic acids is 1. The first kappa shape index (κ1) is 17.7. The molecular formula is C17H27NO3. The number of ether oxygens (including phenoxy) is 2. The standard InChI is InChI=1S/C17H27NO3/c1-4-21-16(19)17(18,15-10-6-5-7-11-15)13-20-12-8-9-14(2)3/h5-7,10-11,14H,4,8-9,12-13,18H2,1-3H3. The van der Waals surface area contributed by atoms with Crippen molar-refractivity contribution in [3.63, 3.8) is 0 Å². The van der Waals surface area contributed by atoms with Crippen LogP contribution in [0.4, 0.5) is 0 Å². The van der Waals surface area contributed by atoms with E-state index in [1.54, 1.807) is 6.92 Å². The minimum atomic E-state index is -1.24. The molecule has 118 valence electrons. The normalized spacial score (nSPS) is 14.0. The van der Waals surface area contributed by atoms with E-state index >= 15 is 0 Å². The molecule has 0 aromatic heterocycles. The molecule has 1 aromatic rings. The van der Waals surface area contributed by atoms with E-state index in [1.807, 2.05) is 30.3 Å². The van der Waals surface area contributed by atoms with Gasteiger partial charge in [0.05, 0.1) is 13.2 Å². The predicted octanol–water partition coefficient (Wildman–Crippen LogP) is 2.86. The van der Waals surface area contributed by atoms with Crippen molar-refractivity contribution in [1.82, 2.24) is 0 Å². The van der Waals surface area contributed by atoms with Gasteiger partial charge in [0.1, 0.15) is 0 Å². The van der Waals surface area contributed by atoms with Crippen molar-refractivity contribution in [2.24, 2.45) is 11.7 Å². The smallest absolute Gasteiger partial charge is 0.333 e. The summed E-state index contributed by atoms with van der Waals surface area (Å²) in [7, 11) is 0. The number of benzene rings is 1. The van der Waals surface area contributed by atoms with E-state index < -0.39 is 11.5 Å². The highest BCUT2D eigenvalue weighted by Gasteiger charge is 2.38. The maximum atomic E-state index is 12.2. The van der Waals surface area contributed by atoms with Crippen LogP contribution in [0.15, 0.2) is 30.3 Å². The molecule has 1 aromatic carbocycles. The van der Waals surface area contributed by atoms with Crippen LogP contribution in [0.2, 0.25) is 0 Å². The van der Waals surface area contributed by atoms with Crippen molar-refractivity contribution in [2.45, 2.75) is 39.2 Å². The monoisotopic (exact) mass is 293 g/mol. The van der Waals surface area contributed by atoms with Gasteiger partial charge in [-0.05, 0) is 31.2 Å². The summed E-state index contributed by atoms with van der Waals surface area (Å²) in [5.41, 5.74) is 5.77. The SMILES string of the molecule is CCOC(=O)C(N)(COCCCC(C)C)c1ccccc1. The first-order chi connectivity index (χ1) is 10.0. The average molecular weight is 293 g/mol. The van der Waals surface area contributed by atoms with E-state index in [9.17, 15) is 4.79 Å². The van der Waals surface area contributed by atoms with Crippen molar-refractivity contribution >= 4 is 5.97 Å². The van der Waals surface area contributed by atoms with E-state index in [-0.39, 0.29) is 6.61 Å². The largest absolute Gasteiger partial charge is 0.464 e. The Bertz CT molecular complexity index is 419. The van der Waals surface area contributed by atoms with Crippen LogP contribution in [-0.4, -0.2) is 25.8 Å². The molecule has 0 aliphatic rings. The van der Waals surface area contributed by atoms with Crippen LogP contribution in [0.25, 0.3) is 0 Å². The number of hydrogen-bond acceptors (Lipinski definition) is 4. The summed E-state index contributed by atoms with van der Waals surface area (Å²) >= 11 is 0. The van der Waals surface area contributed by atoms with Gasteiger partial charge in [-0.15, -0.1) is 0 Å². The lowest BCUT2D eigenvalue weighted by molar-refractivity contribution is -0.152. The Morgan fingerprint density at radius 3 is 2.52 bits per heavy atom. The summed E-state index contributed by atoms with van der Waals surface area (Å²) in [4.78, 5) is 12.2. The number of carbonyl (C=O) groups is 1. The third-order valence-electron chi connectivity index (χ3n) is 3.33. The fourth-order valence-corrected chi connectivity index (χ4v) is 2.08. The molecule has 1 atom stereocenters. The molecule has 1 rings (SSSR count). The molecule has 0 amide bonds. The minimum Gasteiger partial charge on any atom is -0.464 e. The molecule has 1 unspecified atom stereocenters. The summed E-state index contributed by atoms with van der Waals surface area (Å²) in [6.07, 6.45) is 2.06. The molecule has 0 spiro atoms. The summed E-state index contributed by atoms with van der Waals surface area (Å²) in [5, 5.41) is 0. The third-order valence-corrected chi connectivity index (χ3v) is 3.33. The number of hydrogen-bond donors (Lipinski definition) is 1. The van der Waals surface area contributed by atoms with Crippen LogP contribution in [-0.2, 0) is 19.8 Å². The van der Waals surface area contributed by atoms with Crippen molar-refractivity contribution in [1.29, 1.82) is 0 Å². The lowest BCUT2D eigenvalue weighted by atomic mass is 9.92. The quantitative estimate of drug-likeness (QED) is 0.562. The molecule has 2 N–H and O–H groups in total. The lowest BCUT2D eigenvalue weighted by Crippen LogP contribution is -2.50. The third kappa shape index (κ3) is 5.48. The first-order valence-corrected chi connectivity index (χ1v) is 7.60. The number of rotatable bonds is 9. The van der Waals surface area contributed by atoms with Gasteiger partial charge in [0.2, 0.25) is 0 Å². The van der Waals surface area contributed by atoms with Gasteiger partial charge in [-0.2, -0.15) is 0 Å². The second kappa shape index (κ2) is 8.80. The molecule has 0 aliphatic carbocycles. The molecule has 4 heteroatoms. The van der Waals surface area contributed by atoms with E-state index in [1.165, 1.54) is 0 Å². The molecule has 0 bridgehead atoms. The molecule has 0 saturated heterocycles. The van der Waals surface area contributed by atoms with Gasteiger partial charge >= 0.3 is 5.97 Å². The van der Waals surface area contributed by atoms with E-state index in [0.29, 0.717) is 24.7 Å². The topological polar surface area (TPSA) is 61.5 Å². The van der Waals surface area contributed by atoms with Gasteiger partial charge in [-0.25, -0.2) is 4.79 Å². The summed E-state index contributed by atoms with van der Waals surface area (Å²) in [6, 6.07) is 9.26. The van der Waals surface area contributed by atoms with Crippen molar-refractivity contribution < 1.29 is 14.3 Å². The van der Waals surface area contributed by atoms with Gasteiger partial charge in [-0.1, -0.05) is 44.2 Å². The second-order valence-corrected chi connectivity index (χ2v) is 5.65. The molecular weight excluding hydrogens is 266 g/mol. The zero-order valence-corrected chi connectivity index (χ0v) is 13.3. The Kier molecular flexibility index (Phi) is 7.40. The molecule has 0 aliphatic heterocycles. The zero-order valence-electron chi connectivity index (χ0n) is 13.3. The van der Waals surface area contributed by atoms with Crippen molar-refractivity contribution in [3.05, 3.63) is 35.9 Å². The molecule has 0 heterocycles. The molecule has 4 nitrogen and oxygen atoms in total. The Balaban J connectivity index is 2.67. The van der Waals surface area contributed by atoms with E-state index in [2.05, 4.69) is 13.8 Å². The predicted molar refractivity (Wildman–Crippen MR) is 83.8 cm³/mol. The van der Waals surface area contributed by atoms with E-state index in [0.717, 1.165) is 12.8 Å². The highest BCUT2D eigenvalue weighted by atomic mass is 16.5. The van der Waals surface area contributed by atoms with Crippen LogP contribution in [0.5, 0.6) is 0 Å². The van der Waals surface area contributed by atoms with Gasteiger partial charge in [0, 0.05) is 6.61 Å². The Morgan fingerprint density at radius 2 is 1.95 bits per heavy atom. The summed E-state index contributed by atoms with van der Waals surface area (Å²) in [6.45, 7) is 7.16. The first-order valence-electron chi connectivity index (χ1n) is 7.60. The van der Waals surface area contributed by atoms with Crippen LogP contribution in [0.1, 0.15) is 39.2 Å². The van der Waals surface area contributed by atoms with Gasteiger partial charge in [0.25, 0.3) is 0 Å². The second-order valence-electron chi connectivity index (χ2n) is 5.65. The molecule has 0 radical (unpaired) electrons. The Labute approximate surface area is 127 Å². The van der Waals surface area contributed by atoms with Crippen molar-refractivity contribution in [2.75, 3.05) is 19.8 Å². The minimum absolute atomic E-state index is 0.133. The number of esters is 1. The van der Waals surface area contributed by atoms with Crippen LogP contribution in [0, 0.1) is 5.92 Å². The lowest BCUT2D eigenvalue weighted by Gasteiger charge is -2.27. The van der Waals surface area contributed by atoms with Gasteiger partial charge in [-0.3, -0.25) is 0 Å². The van der Waals surface area contributed by atoms with Crippen molar-refractivity contribution in [3.8, 4) is 0 Å². The van der Waals surface area contributed by atoms with Crippen LogP contribution < -0.4 is 5.73 Å². The van der Waals surface area contributed by atoms with Crippen LogP contribution in [0.3, 0.4) is 0 Å². The summed E-state index contributed by atoms with van der Waals surface area (Å²) < 4.78 is 10.8. The van der Waals surface area contributed by atoms with Gasteiger partial charge < -0.3 is 15.2 Å². The van der Waals surface area contributed by atoms with Crippen LogP contribution >= 0.6 is 0 Å². The fourth-order valence-electron chi connectivity index (χ4n) is 2.08. The molecule has 0 saturated carbocycles. The maximum Gasteiger partial charge on any atom is 0.333 e. The zero-order chi connectivity index (χ0) is 15.7. The highest BCUT2D eigenvalue weighted by molar-refractivity contribution is 5.82. The maximum absolute atomic E-state index is 12.2. The summed E-state index contributed by atoms with van der Waals surface area (Å²) in [5.74, 6) is 0.204. The molecule has 21 heavy (non-hydrogen) atoms. The van der Waals surface area contributed by atoms with E-state index in [4.69, 9.17) is 15.2 Å². The Morgan fingerprint density at radius 1 is 1.29 bits per heavy atom. The highest BCUT2D eigenvalue weighted by Crippen LogP contribution is 2.21. The average Bonchev–Trinajstić information content (AvgIpc) is 2.47.